The first kappa shape index (κ1) is 15.4. The number of aromatic hydroxyl groups is 1. The van der Waals surface area contributed by atoms with E-state index in [0.29, 0.717) is 0 Å². The third kappa shape index (κ3) is 2.19. The Morgan fingerprint density at radius 3 is 2.67 bits per heavy atom. The number of benzene rings is 2. The fourth-order valence-corrected chi connectivity index (χ4v) is 4.88. The number of rotatable bonds is 1. The van der Waals surface area contributed by atoms with Crippen molar-refractivity contribution in [2.75, 3.05) is 5.32 Å². The Morgan fingerprint density at radius 1 is 1.17 bits per heavy atom. The molecule has 2 aromatic carbocycles. The van der Waals surface area contributed by atoms with Crippen LogP contribution in [0.1, 0.15) is 24.3 Å². The van der Waals surface area contributed by atoms with Gasteiger partial charge in [0.05, 0.1) is 16.1 Å². The number of hydrogen-bond donors (Lipinski definition) is 2. The second-order valence-corrected chi connectivity index (χ2v) is 8.03. The van der Waals surface area contributed by atoms with E-state index in [4.69, 9.17) is 12.2 Å². The molecule has 1 aromatic heterocycles. The molecule has 2 heterocycles. The van der Waals surface area contributed by atoms with Gasteiger partial charge in [-0.2, -0.15) is 0 Å². The summed E-state index contributed by atoms with van der Waals surface area (Å²) in [5.41, 5.74) is 5.06. The highest BCUT2D eigenvalue weighted by molar-refractivity contribution is 7.71. The maximum atomic E-state index is 10.2. The first-order valence-electron chi connectivity index (χ1n) is 7.83. The molecule has 5 heteroatoms. The van der Waals surface area contributed by atoms with E-state index in [1.165, 1.54) is 10.4 Å². The Morgan fingerprint density at radius 2 is 1.92 bits per heavy atom. The molecule has 0 fully saturated rings. The number of hydrogen-bond acceptors (Lipinski definition) is 4. The normalized spacial score (nSPS) is 14.6. The van der Waals surface area contributed by atoms with E-state index < -0.39 is 0 Å². The van der Waals surface area contributed by atoms with Gasteiger partial charge in [-0.05, 0) is 45.0 Å². The molecule has 122 valence electrons. The molecule has 2 N–H and O–H groups in total. The van der Waals surface area contributed by atoms with Gasteiger partial charge in [-0.25, -0.2) is 0 Å². The monoisotopic (exact) mass is 354 g/mol. The minimum absolute atomic E-state index is 0.217. The highest BCUT2D eigenvalue weighted by Crippen LogP contribution is 2.48. The molecule has 1 aliphatic rings. The lowest BCUT2D eigenvalue weighted by molar-refractivity contribution is 0.473. The van der Waals surface area contributed by atoms with Gasteiger partial charge in [0.15, 0.2) is 0 Å². The number of para-hydroxylation sites is 2. The minimum atomic E-state index is -0.217. The Kier molecular flexibility index (Phi) is 3.34. The third-order valence-electron chi connectivity index (χ3n) is 4.37. The number of fused-ring (bicyclic) bond motifs is 3. The molecule has 0 radical (unpaired) electrons. The molecule has 0 aliphatic carbocycles. The van der Waals surface area contributed by atoms with Crippen LogP contribution < -0.4 is 5.32 Å². The highest BCUT2D eigenvalue weighted by Gasteiger charge is 2.34. The number of nitrogens with one attached hydrogen (secondary N) is 1. The van der Waals surface area contributed by atoms with Crippen LogP contribution in [0.25, 0.3) is 16.8 Å². The summed E-state index contributed by atoms with van der Waals surface area (Å²) in [5.74, 6) is 0.238. The van der Waals surface area contributed by atoms with Gasteiger partial charge in [0.1, 0.15) is 10.4 Å². The second kappa shape index (κ2) is 5.19. The topological polar surface area (TPSA) is 37.2 Å². The first-order valence-corrected chi connectivity index (χ1v) is 9.01. The van der Waals surface area contributed by atoms with Crippen molar-refractivity contribution < 1.29 is 5.11 Å². The molecular weight excluding hydrogens is 336 g/mol. The van der Waals surface area contributed by atoms with Crippen molar-refractivity contribution in [3.63, 3.8) is 0 Å². The Bertz CT molecular complexity index is 1010. The van der Waals surface area contributed by atoms with Crippen LogP contribution in [-0.2, 0) is 5.54 Å². The van der Waals surface area contributed by atoms with E-state index >= 15 is 0 Å². The number of phenols is 1. The Labute approximate surface area is 150 Å². The zero-order chi connectivity index (χ0) is 17.1. The van der Waals surface area contributed by atoms with Gasteiger partial charge in [0.2, 0.25) is 0 Å². The van der Waals surface area contributed by atoms with Crippen LogP contribution in [-0.4, -0.2) is 9.06 Å². The molecule has 0 unspecified atom stereocenters. The van der Waals surface area contributed by atoms with Gasteiger partial charge < -0.3 is 10.4 Å². The summed E-state index contributed by atoms with van der Waals surface area (Å²) >= 11 is 7.41. The maximum Gasteiger partial charge on any atom is 0.140 e. The van der Waals surface area contributed by atoms with Crippen LogP contribution in [0.4, 0.5) is 5.69 Å². The quantitative estimate of drug-likeness (QED) is 0.558. The summed E-state index contributed by atoms with van der Waals surface area (Å²) in [6.07, 6.45) is 0. The Balaban J connectivity index is 2.06. The van der Waals surface area contributed by atoms with Crippen LogP contribution in [0.3, 0.4) is 0 Å². The number of nitrogens with zero attached hydrogens (tertiary/aromatic N) is 1. The first-order chi connectivity index (χ1) is 11.4. The predicted molar refractivity (Wildman–Crippen MR) is 103 cm³/mol. The molecule has 24 heavy (non-hydrogen) atoms. The van der Waals surface area contributed by atoms with Crippen molar-refractivity contribution in [2.45, 2.75) is 26.3 Å². The van der Waals surface area contributed by atoms with Crippen molar-refractivity contribution in [1.29, 1.82) is 0 Å². The lowest BCUT2D eigenvalue weighted by atomic mass is 9.89. The van der Waals surface area contributed by atoms with Crippen molar-refractivity contribution in [3.05, 3.63) is 57.5 Å². The molecular formula is C19H18N2OS2. The molecule has 3 nitrogen and oxygen atoms in total. The minimum Gasteiger partial charge on any atom is -0.506 e. The predicted octanol–water partition coefficient (Wildman–Crippen LogP) is 5.61. The zero-order valence-corrected chi connectivity index (χ0v) is 15.4. The molecule has 4 rings (SSSR count). The van der Waals surface area contributed by atoms with Crippen LogP contribution in [0.15, 0.2) is 42.5 Å². The van der Waals surface area contributed by atoms with Crippen LogP contribution in [0.2, 0.25) is 0 Å². The number of aryl methyl sites for hydroxylation is 1. The molecule has 0 atom stereocenters. The average Bonchev–Trinajstić information content (AvgIpc) is 2.88. The number of aromatic nitrogens is 1. The van der Waals surface area contributed by atoms with E-state index in [1.807, 2.05) is 22.2 Å². The van der Waals surface area contributed by atoms with Crippen molar-refractivity contribution >= 4 is 29.4 Å². The highest BCUT2D eigenvalue weighted by atomic mass is 32.1. The van der Waals surface area contributed by atoms with Crippen LogP contribution >= 0.6 is 23.8 Å². The average molecular weight is 355 g/mol. The summed E-state index contributed by atoms with van der Waals surface area (Å²) in [7, 11) is 0. The lowest BCUT2D eigenvalue weighted by Crippen LogP contribution is -2.30. The third-order valence-corrected chi connectivity index (χ3v) is 6.33. The summed E-state index contributed by atoms with van der Waals surface area (Å²) < 4.78 is 2.70. The molecule has 0 saturated carbocycles. The van der Waals surface area contributed by atoms with Gasteiger partial charge in [-0.3, -0.25) is 3.96 Å². The van der Waals surface area contributed by atoms with E-state index in [-0.39, 0.29) is 11.3 Å². The van der Waals surface area contributed by atoms with E-state index in [0.717, 1.165) is 27.1 Å². The molecule has 0 spiro atoms. The SMILES string of the molecule is Cc1ccc2c(c1)-c1c(sn(-c3ccccc3O)c1=S)C(C)(C)N2. The molecule has 0 amide bonds. The largest absolute Gasteiger partial charge is 0.506 e. The number of phenolic OH excluding ortho intramolecular Hbond substituents is 1. The molecule has 0 saturated heterocycles. The molecule has 1 aliphatic heterocycles. The fraction of sp³-hybridized carbons (Fsp3) is 0.211. The van der Waals surface area contributed by atoms with Gasteiger partial charge in [-0.15, -0.1) is 0 Å². The number of anilines is 1. The Hall–Kier alpha value is -2.11. The summed E-state index contributed by atoms with van der Waals surface area (Å²) in [5, 5.41) is 13.9. The van der Waals surface area contributed by atoms with E-state index in [1.54, 1.807) is 17.6 Å². The summed E-state index contributed by atoms with van der Waals surface area (Å²) in [4.78, 5) is 1.19. The van der Waals surface area contributed by atoms with Gasteiger partial charge in [0.25, 0.3) is 0 Å². The summed E-state index contributed by atoms with van der Waals surface area (Å²) in [6, 6.07) is 13.7. The lowest BCUT2D eigenvalue weighted by Gasteiger charge is -2.33. The van der Waals surface area contributed by atoms with Crippen molar-refractivity contribution in [1.82, 2.24) is 3.96 Å². The standard InChI is InChI=1S/C19H18N2OS2/c1-11-8-9-13-12(10-11)16-17(19(2,3)20-13)24-21(18(16)23)14-6-4-5-7-15(14)22/h4-10,20,22H,1-3H3. The maximum absolute atomic E-state index is 10.2. The van der Waals surface area contributed by atoms with Crippen LogP contribution in [0, 0.1) is 11.6 Å². The van der Waals surface area contributed by atoms with Gasteiger partial charge in [0, 0.05) is 16.8 Å². The van der Waals surface area contributed by atoms with Gasteiger partial charge in [-0.1, -0.05) is 47.5 Å². The van der Waals surface area contributed by atoms with E-state index in [9.17, 15) is 5.11 Å². The van der Waals surface area contributed by atoms with Crippen LogP contribution in [0.5, 0.6) is 5.75 Å². The molecule has 0 bridgehead atoms. The fourth-order valence-electron chi connectivity index (χ4n) is 3.20. The summed E-state index contributed by atoms with van der Waals surface area (Å²) in [6.45, 7) is 6.41. The van der Waals surface area contributed by atoms with E-state index in [2.05, 4.69) is 44.3 Å². The van der Waals surface area contributed by atoms with Crippen molar-refractivity contribution in [3.8, 4) is 22.6 Å². The zero-order valence-electron chi connectivity index (χ0n) is 13.8. The van der Waals surface area contributed by atoms with Crippen molar-refractivity contribution in [2.24, 2.45) is 0 Å². The smallest absolute Gasteiger partial charge is 0.140 e. The van der Waals surface area contributed by atoms with Gasteiger partial charge >= 0.3 is 0 Å². The molecule has 3 aromatic rings. The second-order valence-electron chi connectivity index (χ2n) is 6.68.